The highest BCUT2D eigenvalue weighted by atomic mass is 127. The van der Waals surface area contributed by atoms with Crippen LogP contribution in [0, 0.1) is 14.9 Å². The standard InChI is InChI=1S/C9H8INS/c10-9-7(4-2-6-11)3-1-5-8(9)12/h1,3,5,12H,2,4H2. The van der Waals surface area contributed by atoms with Gasteiger partial charge in [-0.15, -0.1) is 12.6 Å². The lowest BCUT2D eigenvalue weighted by Gasteiger charge is -2.03. The van der Waals surface area contributed by atoms with Crippen molar-refractivity contribution in [2.45, 2.75) is 17.7 Å². The number of halogens is 1. The molecule has 0 radical (unpaired) electrons. The zero-order valence-corrected chi connectivity index (χ0v) is 9.47. The molecule has 0 atom stereocenters. The maximum absolute atomic E-state index is 8.42. The minimum Gasteiger partial charge on any atom is -0.198 e. The number of hydrogen-bond donors (Lipinski definition) is 1. The van der Waals surface area contributed by atoms with Gasteiger partial charge in [-0.1, -0.05) is 12.1 Å². The average molecular weight is 289 g/mol. The minimum absolute atomic E-state index is 0.577. The molecule has 62 valence electrons. The van der Waals surface area contributed by atoms with Gasteiger partial charge in [0.1, 0.15) is 0 Å². The van der Waals surface area contributed by atoms with Gasteiger partial charge < -0.3 is 0 Å². The first-order valence-electron chi connectivity index (χ1n) is 3.59. The van der Waals surface area contributed by atoms with Crippen molar-refractivity contribution in [1.29, 1.82) is 5.26 Å². The van der Waals surface area contributed by atoms with E-state index < -0.39 is 0 Å². The van der Waals surface area contributed by atoms with Gasteiger partial charge in [-0.25, -0.2) is 0 Å². The number of aryl methyl sites for hydroxylation is 1. The van der Waals surface area contributed by atoms with Gasteiger partial charge in [0.25, 0.3) is 0 Å². The van der Waals surface area contributed by atoms with Crippen LogP contribution in [0.4, 0.5) is 0 Å². The molecule has 0 fully saturated rings. The molecule has 0 spiro atoms. The topological polar surface area (TPSA) is 23.8 Å². The quantitative estimate of drug-likeness (QED) is 0.656. The second-order valence-electron chi connectivity index (χ2n) is 2.41. The Morgan fingerprint density at radius 2 is 2.25 bits per heavy atom. The molecule has 3 heteroatoms. The summed E-state index contributed by atoms with van der Waals surface area (Å²) in [6.07, 6.45) is 1.40. The van der Waals surface area contributed by atoms with Crippen LogP contribution in [0.3, 0.4) is 0 Å². The van der Waals surface area contributed by atoms with E-state index in [2.05, 4.69) is 41.3 Å². The average Bonchev–Trinajstić information content (AvgIpc) is 2.08. The molecule has 0 saturated carbocycles. The van der Waals surface area contributed by atoms with E-state index >= 15 is 0 Å². The molecule has 1 rings (SSSR count). The van der Waals surface area contributed by atoms with Crippen LogP contribution in [0.2, 0.25) is 0 Å². The number of benzene rings is 1. The summed E-state index contributed by atoms with van der Waals surface area (Å²) in [6, 6.07) is 8.10. The molecule has 0 unspecified atom stereocenters. The van der Waals surface area contributed by atoms with Crippen LogP contribution in [0.25, 0.3) is 0 Å². The Morgan fingerprint density at radius 3 is 2.92 bits per heavy atom. The Bertz CT molecular complexity index is 317. The number of nitriles is 1. The third-order valence-electron chi connectivity index (χ3n) is 1.56. The van der Waals surface area contributed by atoms with Gasteiger partial charge in [0, 0.05) is 14.9 Å². The molecular weight excluding hydrogens is 281 g/mol. The van der Waals surface area contributed by atoms with Crippen molar-refractivity contribution in [3.63, 3.8) is 0 Å². The molecule has 0 saturated heterocycles. The van der Waals surface area contributed by atoms with Crippen molar-refractivity contribution in [1.82, 2.24) is 0 Å². The molecule has 0 aromatic heterocycles. The van der Waals surface area contributed by atoms with Crippen LogP contribution in [-0.2, 0) is 6.42 Å². The van der Waals surface area contributed by atoms with Gasteiger partial charge in [0.05, 0.1) is 6.07 Å². The van der Waals surface area contributed by atoms with E-state index in [4.69, 9.17) is 5.26 Å². The molecule has 0 amide bonds. The molecule has 0 aliphatic rings. The lowest BCUT2D eigenvalue weighted by atomic mass is 10.1. The third-order valence-corrected chi connectivity index (χ3v) is 3.64. The van der Waals surface area contributed by atoms with Gasteiger partial charge >= 0.3 is 0 Å². The maximum Gasteiger partial charge on any atom is 0.0625 e. The van der Waals surface area contributed by atoms with E-state index in [0.717, 1.165) is 14.9 Å². The lowest BCUT2D eigenvalue weighted by Crippen LogP contribution is -1.89. The van der Waals surface area contributed by atoms with Crippen molar-refractivity contribution in [2.75, 3.05) is 0 Å². The molecule has 0 bridgehead atoms. The predicted octanol–water partition coefficient (Wildman–Crippen LogP) is 3.04. The minimum atomic E-state index is 0.577. The Balaban J connectivity index is 2.86. The number of thiol groups is 1. The van der Waals surface area contributed by atoms with Gasteiger partial charge in [0.2, 0.25) is 0 Å². The van der Waals surface area contributed by atoms with Crippen molar-refractivity contribution in [3.05, 3.63) is 27.3 Å². The molecule has 1 aromatic carbocycles. The third kappa shape index (κ3) is 2.39. The fourth-order valence-electron chi connectivity index (χ4n) is 0.950. The van der Waals surface area contributed by atoms with E-state index in [1.165, 1.54) is 5.56 Å². The van der Waals surface area contributed by atoms with Crippen molar-refractivity contribution in [2.24, 2.45) is 0 Å². The summed E-state index contributed by atoms with van der Waals surface area (Å²) in [5.41, 5.74) is 1.21. The molecule has 1 nitrogen and oxygen atoms in total. The molecule has 12 heavy (non-hydrogen) atoms. The molecule has 0 heterocycles. The first-order valence-corrected chi connectivity index (χ1v) is 5.11. The predicted molar refractivity (Wildman–Crippen MR) is 60.3 cm³/mol. The Morgan fingerprint density at radius 1 is 1.50 bits per heavy atom. The smallest absolute Gasteiger partial charge is 0.0625 e. The fourth-order valence-corrected chi connectivity index (χ4v) is 1.81. The summed E-state index contributed by atoms with van der Waals surface area (Å²) in [5.74, 6) is 0. The summed E-state index contributed by atoms with van der Waals surface area (Å²) in [4.78, 5) is 0.992. The van der Waals surface area contributed by atoms with Crippen molar-refractivity contribution >= 4 is 35.2 Å². The summed E-state index contributed by atoms with van der Waals surface area (Å²) >= 11 is 6.56. The van der Waals surface area contributed by atoms with Crippen LogP contribution in [0.5, 0.6) is 0 Å². The SMILES string of the molecule is N#CCCc1cccc(S)c1I. The van der Waals surface area contributed by atoms with Crippen molar-refractivity contribution in [3.8, 4) is 6.07 Å². The molecule has 0 N–H and O–H groups in total. The van der Waals surface area contributed by atoms with E-state index in [-0.39, 0.29) is 0 Å². The van der Waals surface area contributed by atoms with Gasteiger partial charge in [0.15, 0.2) is 0 Å². The monoisotopic (exact) mass is 289 g/mol. The van der Waals surface area contributed by atoms with Gasteiger partial charge in [-0.3, -0.25) is 0 Å². The van der Waals surface area contributed by atoms with Crippen LogP contribution >= 0.6 is 35.2 Å². The summed E-state index contributed by atoms with van der Waals surface area (Å²) in [5, 5.41) is 8.42. The summed E-state index contributed by atoms with van der Waals surface area (Å²) in [6.45, 7) is 0. The van der Waals surface area contributed by atoms with E-state index in [9.17, 15) is 0 Å². The van der Waals surface area contributed by atoms with Gasteiger partial charge in [-0.05, 0) is 40.6 Å². The Labute approximate surface area is 91.3 Å². The molecular formula is C9H8INS. The molecule has 0 aliphatic heterocycles. The highest BCUT2D eigenvalue weighted by Crippen LogP contribution is 2.21. The highest BCUT2D eigenvalue weighted by Gasteiger charge is 2.01. The zero-order valence-electron chi connectivity index (χ0n) is 6.42. The van der Waals surface area contributed by atoms with Crippen LogP contribution in [-0.4, -0.2) is 0 Å². The molecule has 0 aliphatic carbocycles. The Kier molecular flexibility index (Phi) is 3.89. The fraction of sp³-hybridized carbons (Fsp3) is 0.222. The normalized spacial score (nSPS) is 9.42. The Hall–Kier alpha value is -0.210. The van der Waals surface area contributed by atoms with E-state index in [0.29, 0.717) is 6.42 Å². The second kappa shape index (κ2) is 4.73. The second-order valence-corrected chi connectivity index (χ2v) is 3.97. The van der Waals surface area contributed by atoms with E-state index in [1.54, 1.807) is 0 Å². The zero-order chi connectivity index (χ0) is 8.97. The number of rotatable bonds is 2. The molecule has 1 aromatic rings. The van der Waals surface area contributed by atoms with Crippen LogP contribution in [0.15, 0.2) is 23.1 Å². The number of nitrogens with zero attached hydrogens (tertiary/aromatic N) is 1. The van der Waals surface area contributed by atoms with Crippen LogP contribution < -0.4 is 0 Å². The first kappa shape index (κ1) is 9.87. The first-order chi connectivity index (χ1) is 5.75. The van der Waals surface area contributed by atoms with E-state index in [1.807, 2.05) is 18.2 Å². The maximum atomic E-state index is 8.42. The van der Waals surface area contributed by atoms with Crippen LogP contribution in [0.1, 0.15) is 12.0 Å². The summed E-state index contributed by atoms with van der Waals surface area (Å²) < 4.78 is 1.16. The number of hydrogen-bond acceptors (Lipinski definition) is 2. The van der Waals surface area contributed by atoms with Gasteiger partial charge in [-0.2, -0.15) is 5.26 Å². The largest absolute Gasteiger partial charge is 0.198 e. The van der Waals surface area contributed by atoms with Crippen molar-refractivity contribution < 1.29 is 0 Å². The highest BCUT2D eigenvalue weighted by molar-refractivity contribution is 14.1. The lowest BCUT2D eigenvalue weighted by molar-refractivity contribution is 0.993. The summed E-state index contributed by atoms with van der Waals surface area (Å²) in [7, 11) is 0.